The number of carbonyl (C=O) groups is 2. The van der Waals surface area contributed by atoms with Crippen LogP contribution >= 0.6 is 24.8 Å². The summed E-state index contributed by atoms with van der Waals surface area (Å²) in [6.45, 7) is 8.00. The van der Waals surface area contributed by atoms with Gasteiger partial charge in [-0.2, -0.15) is 0 Å². The molecule has 152 valence electrons. The summed E-state index contributed by atoms with van der Waals surface area (Å²) >= 11 is 0. The van der Waals surface area contributed by atoms with Crippen LogP contribution in [-0.4, -0.2) is 67.4 Å². The molecule has 2 fully saturated rings. The Morgan fingerprint density at radius 1 is 1.08 bits per heavy atom. The molecule has 3 N–H and O–H groups in total. The van der Waals surface area contributed by atoms with Crippen LogP contribution in [0.25, 0.3) is 0 Å². The van der Waals surface area contributed by atoms with E-state index in [1.165, 1.54) is 19.3 Å². The summed E-state index contributed by atoms with van der Waals surface area (Å²) in [4.78, 5) is 28.4. The molecule has 2 rings (SSSR count). The van der Waals surface area contributed by atoms with Crippen LogP contribution in [0.5, 0.6) is 0 Å². The Morgan fingerprint density at radius 2 is 1.69 bits per heavy atom. The number of amides is 2. The average Bonchev–Trinajstić information content (AvgIpc) is 2.61. The first-order valence-electron chi connectivity index (χ1n) is 9.16. The van der Waals surface area contributed by atoms with E-state index in [2.05, 4.69) is 16.8 Å². The van der Waals surface area contributed by atoms with Crippen LogP contribution in [0.15, 0.2) is 12.7 Å². The first-order chi connectivity index (χ1) is 11.6. The van der Waals surface area contributed by atoms with E-state index in [-0.39, 0.29) is 42.0 Å². The van der Waals surface area contributed by atoms with E-state index in [1.807, 2.05) is 4.90 Å². The molecule has 0 aromatic rings. The number of carbonyl (C=O) groups excluding carboxylic acids is 2. The normalized spacial score (nSPS) is 19.7. The third-order valence-corrected chi connectivity index (χ3v) is 5.41. The molecular formula is C18H34Cl2N4O2. The number of nitrogens with zero attached hydrogens (tertiary/aromatic N) is 2. The summed E-state index contributed by atoms with van der Waals surface area (Å²) in [5.41, 5.74) is 6.03. The van der Waals surface area contributed by atoms with Gasteiger partial charge in [0.2, 0.25) is 11.8 Å². The average molecular weight is 409 g/mol. The highest BCUT2D eigenvalue weighted by molar-refractivity contribution is 5.85. The molecule has 8 heteroatoms. The second-order valence-corrected chi connectivity index (χ2v) is 7.19. The Bertz CT molecular complexity index is 448. The Kier molecular flexibility index (Phi) is 12.2. The van der Waals surface area contributed by atoms with Crippen LogP contribution in [0.2, 0.25) is 0 Å². The van der Waals surface area contributed by atoms with Gasteiger partial charge in [-0.3, -0.25) is 14.5 Å². The molecule has 0 aromatic heterocycles. The predicted molar refractivity (Wildman–Crippen MR) is 110 cm³/mol. The van der Waals surface area contributed by atoms with Crippen LogP contribution in [0.3, 0.4) is 0 Å². The van der Waals surface area contributed by atoms with E-state index in [4.69, 9.17) is 5.73 Å². The maximum Gasteiger partial charge on any atom is 0.234 e. The highest BCUT2D eigenvalue weighted by Crippen LogP contribution is 2.38. The molecule has 1 heterocycles. The van der Waals surface area contributed by atoms with Crippen LogP contribution < -0.4 is 11.1 Å². The molecule has 2 amide bonds. The van der Waals surface area contributed by atoms with Crippen molar-refractivity contribution >= 4 is 36.6 Å². The van der Waals surface area contributed by atoms with E-state index in [9.17, 15) is 9.59 Å². The topological polar surface area (TPSA) is 78.7 Å². The third kappa shape index (κ3) is 7.43. The molecule has 0 spiro atoms. The molecule has 1 aliphatic heterocycles. The fraction of sp³-hybridized carbons (Fsp3) is 0.778. The van der Waals surface area contributed by atoms with Gasteiger partial charge in [-0.05, 0) is 24.8 Å². The van der Waals surface area contributed by atoms with Gasteiger partial charge in [-0.25, -0.2) is 0 Å². The zero-order chi connectivity index (χ0) is 17.4. The SMILES string of the molecule is C=CCNC(=O)CN1CCN(C(=O)CC2(CN)CCCCC2)CC1.Cl.Cl. The minimum Gasteiger partial charge on any atom is -0.352 e. The number of rotatable bonds is 7. The molecule has 0 unspecified atom stereocenters. The molecule has 1 aliphatic carbocycles. The molecular weight excluding hydrogens is 375 g/mol. The van der Waals surface area contributed by atoms with Crippen LogP contribution in [0.4, 0.5) is 0 Å². The van der Waals surface area contributed by atoms with Crippen molar-refractivity contribution in [2.24, 2.45) is 11.1 Å². The maximum absolute atomic E-state index is 12.7. The molecule has 0 atom stereocenters. The maximum atomic E-state index is 12.7. The van der Waals surface area contributed by atoms with Crippen LogP contribution in [-0.2, 0) is 9.59 Å². The van der Waals surface area contributed by atoms with Gasteiger partial charge >= 0.3 is 0 Å². The summed E-state index contributed by atoms with van der Waals surface area (Å²) in [6.07, 6.45) is 8.08. The summed E-state index contributed by atoms with van der Waals surface area (Å²) in [7, 11) is 0. The van der Waals surface area contributed by atoms with Gasteiger partial charge in [-0.15, -0.1) is 31.4 Å². The van der Waals surface area contributed by atoms with Crippen molar-refractivity contribution < 1.29 is 9.59 Å². The van der Waals surface area contributed by atoms with Gasteiger partial charge in [0.25, 0.3) is 0 Å². The lowest BCUT2D eigenvalue weighted by molar-refractivity contribution is -0.136. The molecule has 26 heavy (non-hydrogen) atoms. The van der Waals surface area contributed by atoms with Crippen molar-refractivity contribution in [1.82, 2.24) is 15.1 Å². The van der Waals surface area contributed by atoms with Gasteiger partial charge < -0.3 is 16.0 Å². The van der Waals surface area contributed by atoms with Crippen LogP contribution in [0, 0.1) is 5.41 Å². The number of nitrogens with one attached hydrogen (secondary N) is 1. The van der Waals surface area contributed by atoms with Crippen molar-refractivity contribution in [2.45, 2.75) is 38.5 Å². The highest BCUT2D eigenvalue weighted by atomic mass is 35.5. The second-order valence-electron chi connectivity index (χ2n) is 7.19. The van der Waals surface area contributed by atoms with Crippen molar-refractivity contribution in [3.63, 3.8) is 0 Å². The summed E-state index contributed by atoms with van der Waals surface area (Å²) < 4.78 is 0. The first kappa shape index (κ1) is 25.2. The van der Waals surface area contributed by atoms with E-state index in [1.54, 1.807) is 6.08 Å². The van der Waals surface area contributed by atoms with E-state index < -0.39 is 0 Å². The van der Waals surface area contributed by atoms with Crippen molar-refractivity contribution in [1.29, 1.82) is 0 Å². The van der Waals surface area contributed by atoms with Crippen molar-refractivity contribution in [3.05, 3.63) is 12.7 Å². The fourth-order valence-electron chi connectivity index (χ4n) is 3.79. The van der Waals surface area contributed by atoms with Gasteiger partial charge in [0.15, 0.2) is 0 Å². The zero-order valence-corrected chi connectivity index (χ0v) is 17.2. The number of piperazine rings is 1. The number of halogens is 2. The Hall–Kier alpha value is -0.820. The van der Waals surface area contributed by atoms with Gasteiger partial charge in [-0.1, -0.05) is 25.3 Å². The molecule has 6 nitrogen and oxygen atoms in total. The molecule has 0 bridgehead atoms. The number of hydrogen-bond donors (Lipinski definition) is 2. The first-order valence-corrected chi connectivity index (χ1v) is 9.16. The monoisotopic (exact) mass is 408 g/mol. The molecule has 0 aromatic carbocycles. The Morgan fingerprint density at radius 3 is 2.23 bits per heavy atom. The Labute approximate surface area is 169 Å². The lowest BCUT2D eigenvalue weighted by Crippen LogP contribution is -2.52. The molecule has 1 saturated heterocycles. The highest BCUT2D eigenvalue weighted by Gasteiger charge is 2.35. The zero-order valence-electron chi connectivity index (χ0n) is 15.6. The smallest absolute Gasteiger partial charge is 0.234 e. The Balaban J connectivity index is 0.00000312. The fourth-order valence-corrected chi connectivity index (χ4v) is 3.79. The third-order valence-electron chi connectivity index (χ3n) is 5.41. The van der Waals surface area contributed by atoms with Gasteiger partial charge in [0.05, 0.1) is 6.54 Å². The standard InChI is InChI=1S/C18H32N4O2.2ClH/c1-2-8-20-16(23)14-21-9-11-22(12-10-21)17(24)13-18(15-19)6-4-3-5-7-18;;/h2H,1,3-15,19H2,(H,20,23);2*1H. The van der Waals surface area contributed by atoms with E-state index >= 15 is 0 Å². The van der Waals surface area contributed by atoms with Crippen LogP contribution in [0.1, 0.15) is 38.5 Å². The number of nitrogens with two attached hydrogens (primary N) is 1. The van der Waals surface area contributed by atoms with E-state index in [0.29, 0.717) is 39.1 Å². The van der Waals surface area contributed by atoms with Gasteiger partial charge in [0, 0.05) is 39.1 Å². The summed E-state index contributed by atoms with van der Waals surface area (Å²) in [5.74, 6) is 0.247. The molecule has 1 saturated carbocycles. The quantitative estimate of drug-likeness (QED) is 0.626. The second kappa shape index (κ2) is 12.5. The van der Waals surface area contributed by atoms with Crippen molar-refractivity contribution in [3.8, 4) is 0 Å². The minimum atomic E-state index is 0. The minimum absolute atomic E-state index is 0. The number of hydrogen-bond acceptors (Lipinski definition) is 4. The largest absolute Gasteiger partial charge is 0.352 e. The molecule has 2 aliphatic rings. The van der Waals surface area contributed by atoms with E-state index in [0.717, 1.165) is 25.9 Å². The molecule has 0 radical (unpaired) electrons. The van der Waals surface area contributed by atoms with Gasteiger partial charge in [0.1, 0.15) is 0 Å². The summed E-state index contributed by atoms with van der Waals surface area (Å²) in [5, 5.41) is 2.79. The van der Waals surface area contributed by atoms with Crippen molar-refractivity contribution in [2.75, 3.05) is 45.8 Å². The summed E-state index contributed by atoms with van der Waals surface area (Å²) in [6, 6.07) is 0. The lowest BCUT2D eigenvalue weighted by atomic mass is 9.71. The lowest BCUT2D eigenvalue weighted by Gasteiger charge is -2.39. The predicted octanol–water partition coefficient (Wildman–Crippen LogP) is 1.58.